The van der Waals surface area contributed by atoms with Crippen molar-refractivity contribution in [1.82, 2.24) is 15.8 Å². The third kappa shape index (κ3) is 2.72. The number of aromatic nitrogens is 1. The van der Waals surface area contributed by atoms with Gasteiger partial charge >= 0.3 is 0 Å². The fourth-order valence-electron chi connectivity index (χ4n) is 8.01. The summed E-state index contributed by atoms with van der Waals surface area (Å²) in [5, 5.41) is 7.61. The molecule has 0 amide bonds. The van der Waals surface area contributed by atoms with Crippen LogP contribution in [0, 0.1) is 5.82 Å². The molecule has 0 bridgehead atoms. The zero-order chi connectivity index (χ0) is 26.7. The Kier molecular flexibility index (Phi) is 5.18. The number of rotatable bonds is 6. The van der Waals surface area contributed by atoms with Crippen LogP contribution in [0.5, 0.6) is 0 Å². The van der Waals surface area contributed by atoms with Gasteiger partial charge in [0.1, 0.15) is 16.9 Å². The van der Waals surface area contributed by atoms with E-state index in [1.54, 1.807) is 13.0 Å². The number of fused-ring (bicyclic) bond motifs is 3. The molecule has 7 heteroatoms. The molecular formula is C30H34F2IN4+. The minimum Gasteiger partial charge on any atom is -0.346 e. The lowest BCUT2D eigenvalue weighted by Crippen LogP contribution is -2.80. The van der Waals surface area contributed by atoms with Crippen LogP contribution < -0.4 is 15.3 Å². The molecule has 0 saturated heterocycles. The average Bonchev–Trinajstić information content (AvgIpc) is 2.84. The molecule has 3 aromatic rings. The zero-order valence-electron chi connectivity index (χ0n) is 22.5. The van der Waals surface area contributed by atoms with Crippen molar-refractivity contribution in [2.75, 3.05) is 14.1 Å². The van der Waals surface area contributed by atoms with Gasteiger partial charge in [0.2, 0.25) is 15.0 Å². The number of likely N-dealkylation sites (N-methyl/N-ethyl adjacent to an activating group) is 1. The number of hydrogen-bond acceptors (Lipinski definition) is 3. The van der Waals surface area contributed by atoms with Crippen molar-refractivity contribution >= 4 is 33.4 Å². The Morgan fingerprint density at radius 2 is 1.81 bits per heavy atom. The lowest BCUT2D eigenvalue weighted by Gasteiger charge is -2.61. The summed E-state index contributed by atoms with van der Waals surface area (Å²) in [6.07, 6.45) is 3.70. The van der Waals surface area contributed by atoms with Gasteiger partial charge < -0.3 is 10.3 Å². The zero-order valence-corrected chi connectivity index (χ0v) is 24.6. The molecule has 4 nitrogen and oxygen atoms in total. The fraction of sp³-hybridized carbons (Fsp3) is 0.433. The first-order chi connectivity index (χ1) is 17.4. The molecule has 0 radical (unpaired) electrons. The van der Waals surface area contributed by atoms with E-state index in [1.807, 2.05) is 47.8 Å². The molecule has 3 aliphatic rings. The summed E-state index contributed by atoms with van der Waals surface area (Å²) >= 11 is 1.82. The first-order valence-corrected chi connectivity index (χ1v) is 14.1. The Morgan fingerprint density at radius 1 is 1.08 bits per heavy atom. The van der Waals surface area contributed by atoms with E-state index in [4.69, 9.17) is 0 Å². The summed E-state index contributed by atoms with van der Waals surface area (Å²) < 4.78 is 32.1. The Morgan fingerprint density at radius 3 is 2.43 bits per heavy atom. The predicted molar refractivity (Wildman–Crippen MR) is 152 cm³/mol. The highest BCUT2D eigenvalue weighted by Gasteiger charge is 2.76. The van der Waals surface area contributed by atoms with Crippen molar-refractivity contribution in [3.8, 4) is 11.3 Å². The second-order valence-corrected chi connectivity index (χ2v) is 13.3. The van der Waals surface area contributed by atoms with Crippen LogP contribution >= 0.6 is 22.6 Å². The third-order valence-corrected chi connectivity index (χ3v) is 9.63. The van der Waals surface area contributed by atoms with E-state index in [1.165, 1.54) is 5.39 Å². The maximum atomic E-state index is 15.9. The van der Waals surface area contributed by atoms with E-state index >= 15 is 8.78 Å². The Bertz CT molecular complexity index is 1520. The van der Waals surface area contributed by atoms with E-state index in [0.29, 0.717) is 0 Å². The van der Waals surface area contributed by atoms with Crippen molar-refractivity contribution in [2.24, 2.45) is 0 Å². The van der Waals surface area contributed by atoms with Crippen LogP contribution in [0.15, 0.2) is 54.0 Å². The van der Waals surface area contributed by atoms with Gasteiger partial charge in [-0.3, -0.25) is 0 Å². The van der Waals surface area contributed by atoms with Gasteiger partial charge in [-0.05, 0) is 58.5 Å². The molecule has 0 fully saturated rings. The number of pyridine rings is 1. The smallest absolute Gasteiger partial charge is 0.228 e. The highest BCUT2D eigenvalue weighted by Crippen LogP contribution is 2.67. The normalized spacial score (nSPS) is 25.9. The second-order valence-electron chi connectivity index (χ2n) is 11.3. The van der Waals surface area contributed by atoms with Gasteiger partial charge in [-0.1, -0.05) is 52.0 Å². The quantitative estimate of drug-likeness (QED) is 0.112. The molecule has 37 heavy (non-hydrogen) atoms. The van der Waals surface area contributed by atoms with E-state index in [0.717, 1.165) is 57.6 Å². The molecular weight excluding hydrogens is 581 g/mol. The first-order valence-electron chi connectivity index (χ1n) is 13.1. The molecule has 1 aliphatic heterocycles. The van der Waals surface area contributed by atoms with Crippen LogP contribution in [0.1, 0.15) is 64.2 Å². The highest BCUT2D eigenvalue weighted by molar-refractivity contribution is 14.1. The summed E-state index contributed by atoms with van der Waals surface area (Å²) in [5.41, 5.74) is 8.58. The Hall–Kier alpha value is -2.26. The lowest BCUT2D eigenvalue weighted by atomic mass is 9.46. The summed E-state index contributed by atoms with van der Waals surface area (Å²) in [7, 11) is 3.88. The Balaban J connectivity index is 1.88. The minimum atomic E-state index is -1.66. The van der Waals surface area contributed by atoms with Gasteiger partial charge in [-0.25, -0.2) is 14.2 Å². The molecule has 2 aliphatic carbocycles. The number of halogens is 3. The van der Waals surface area contributed by atoms with Crippen LogP contribution in [-0.2, 0) is 16.4 Å². The maximum absolute atomic E-state index is 15.9. The van der Waals surface area contributed by atoms with Crippen molar-refractivity contribution in [3.63, 3.8) is 0 Å². The minimum absolute atomic E-state index is 0.188. The summed E-state index contributed by atoms with van der Waals surface area (Å²) in [6.45, 7) is 10.2. The number of benzene rings is 2. The number of hydrazine groups is 1. The molecule has 2 aromatic carbocycles. The van der Waals surface area contributed by atoms with E-state index in [9.17, 15) is 0 Å². The van der Waals surface area contributed by atoms with Crippen molar-refractivity contribution < 1.29 is 13.3 Å². The number of hydrogen-bond donors (Lipinski definition) is 2. The molecule has 6 rings (SSSR count). The van der Waals surface area contributed by atoms with E-state index in [-0.39, 0.29) is 5.82 Å². The number of nitrogens with one attached hydrogen (secondary N) is 2. The number of allylic oxidation sites excluding steroid dienone is 2. The van der Waals surface area contributed by atoms with Crippen LogP contribution in [0.2, 0.25) is 0 Å². The van der Waals surface area contributed by atoms with Gasteiger partial charge in [0.05, 0.1) is 16.6 Å². The van der Waals surface area contributed by atoms with E-state index in [2.05, 4.69) is 73.5 Å². The molecule has 3 atom stereocenters. The van der Waals surface area contributed by atoms with Gasteiger partial charge in [-0.15, -0.1) is 0 Å². The molecule has 0 saturated carbocycles. The van der Waals surface area contributed by atoms with Crippen molar-refractivity contribution in [3.05, 3.63) is 76.5 Å². The predicted octanol–water partition coefficient (Wildman–Crippen LogP) is 6.30. The summed E-state index contributed by atoms with van der Waals surface area (Å²) in [6, 6.07) is 12.2. The topological polar surface area (TPSA) is 31.2 Å². The maximum Gasteiger partial charge on any atom is 0.228 e. The van der Waals surface area contributed by atoms with Crippen LogP contribution in [0.4, 0.5) is 8.78 Å². The summed E-state index contributed by atoms with van der Waals surface area (Å²) in [4.78, 5) is 0. The van der Waals surface area contributed by atoms with Crippen LogP contribution in [-0.4, -0.2) is 22.9 Å². The second kappa shape index (κ2) is 7.65. The summed E-state index contributed by atoms with van der Waals surface area (Å²) in [5.74, 6) is -0.188. The molecule has 1 aromatic heterocycles. The fourth-order valence-corrected chi connectivity index (χ4v) is 8.28. The molecule has 2 heterocycles. The average molecular weight is 616 g/mol. The molecule has 0 spiro atoms. The highest BCUT2D eigenvalue weighted by atomic mass is 127. The molecule has 194 valence electrons. The van der Waals surface area contributed by atoms with Crippen molar-refractivity contribution in [2.45, 2.75) is 67.6 Å². The monoisotopic (exact) mass is 615 g/mol. The van der Waals surface area contributed by atoms with Gasteiger partial charge in [0.25, 0.3) is 0 Å². The third-order valence-electron chi connectivity index (χ3n) is 9.36. The van der Waals surface area contributed by atoms with Crippen molar-refractivity contribution in [1.29, 1.82) is 0 Å². The lowest BCUT2D eigenvalue weighted by molar-refractivity contribution is -0.764. The van der Waals surface area contributed by atoms with Crippen LogP contribution in [0.25, 0.3) is 22.0 Å². The number of alkyl halides is 2. The van der Waals surface area contributed by atoms with Gasteiger partial charge in [0, 0.05) is 37.6 Å². The van der Waals surface area contributed by atoms with E-state index < -0.39 is 20.2 Å². The van der Waals surface area contributed by atoms with Gasteiger partial charge in [-0.2, -0.15) is 4.57 Å². The SMILES string of the molecule is CCC12C(NC(C)(F)I)=C(N(C)NC)[C@]1(CC)[n+]1ccc3cccc4c3c1-c1c2ccc(F)c1C4(C)C. The van der Waals surface area contributed by atoms with Gasteiger partial charge in [0.15, 0.2) is 6.20 Å². The standard InChI is InChI=1S/C30H34F2IN4/c1-8-29-19-13-14-20(31)23-22(19)24-21-17(11-10-12-18(21)27(23,3)4)15-16-37(24)30(29,9-2)26(36(7)34-6)25(29)35-28(5,32)33/h10-16,34-35H,8-9H2,1-7H3/q+1/t28?,29?,30-/m0/s1. The molecule has 2 unspecified atom stereocenters. The molecule has 2 N–H and O–H groups in total. The Labute approximate surface area is 231 Å². The van der Waals surface area contributed by atoms with Crippen LogP contribution in [0.3, 0.4) is 0 Å². The number of nitrogens with zero attached hydrogens (tertiary/aromatic N) is 2. The first kappa shape index (κ1) is 25.0. The largest absolute Gasteiger partial charge is 0.346 e.